The first-order valence-electron chi connectivity index (χ1n) is 9.67. The Morgan fingerprint density at radius 1 is 1.10 bits per heavy atom. The quantitative estimate of drug-likeness (QED) is 0.470. The molecule has 2 aromatic carbocycles. The summed E-state index contributed by atoms with van der Waals surface area (Å²) >= 11 is 0. The maximum Gasteiger partial charge on any atom is 0.416 e. The fourth-order valence-corrected chi connectivity index (χ4v) is 2.97. The van der Waals surface area contributed by atoms with Gasteiger partial charge in [-0.15, -0.1) is 0 Å². The van der Waals surface area contributed by atoms with Gasteiger partial charge in [0, 0.05) is 32.7 Å². The number of carbonyl (C=O) groups excluding carboxylic acids is 1. The van der Waals surface area contributed by atoms with Crippen LogP contribution in [-0.4, -0.2) is 32.5 Å². The standard InChI is InChI=1S/C22H27F3N4O/c1-15(17-7-5-9-19(13-17)22(23,24)25)10-11-28-21(27-3)29-14-16-6-4-8-18(12-16)20(30)26-2/h4-9,12-13,15H,10-11,14H2,1-3H3,(H,26,30)(H2,27,28,29). The second kappa shape index (κ2) is 10.7. The number of aliphatic imine (C=N–C) groups is 1. The van der Waals surface area contributed by atoms with Gasteiger partial charge >= 0.3 is 6.18 Å². The smallest absolute Gasteiger partial charge is 0.356 e. The summed E-state index contributed by atoms with van der Waals surface area (Å²) < 4.78 is 38.7. The molecular formula is C22H27F3N4O. The Hall–Kier alpha value is -3.03. The highest BCUT2D eigenvalue weighted by atomic mass is 19.4. The van der Waals surface area contributed by atoms with Crippen molar-refractivity contribution in [1.82, 2.24) is 16.0 Å². The molecule has 30 heavy (non-hydrogen) atoms. The summed E-state index contributed by atoms with van der Waals surface area (Å²) in [4.78, 5) is 15.9. The Balaban J connectivity index is 1.86. The van der Waals surface area contributed by atoms with Crippen LogP contribution in [-0.2, 0) is 12.7 Å². The van der Waals surface area contributed by atoms with Crippen molar-refractivity contribution in [1.29, 1.82) is 0 Å². The SMILES string of the molecule is CN=C(NCCC(C)c1cccc(C(F)(F)F)c1)NCc1cccc(C(=O)NC)c1. The number of benzene rings is 2. The van der Waals surface area contributed by atoms with Crippen LogP contribution in [0.2, 0.25) is 0 Å². The third-order valence-electron chi connectivity index (χ3n) is 4.75. The zero-order valence-electron chi connectivity index (χ0n) is 17.3. The maximum absolute atomic E-state index is 12.9. The lowest BCUT2D eigenvalue weighted by atomic mass is 9.96. The third kappa shape index (κ3) is 6.79. The number of amides is 1. The molecule has 1 amide bonds. The van der Waals surface area contributed by atoms with E-state index < -0.39 is 11.7 Å². The van der Waals surface area contributed by atoms with E-state index in [1.54, 1.807) is 32.3 Å². The van der Waals surface area contributed by atoms with Gasteiger partial charge in [0.15, 0.2) is 5.96 Å². The monoisotopic (exact) mass is 420 g/mol. The Morgan fingerprint density at radius 3 is 2.50 bits per heavy atom. The highest BCUT2D eigenvalue weighted by molar-refractivity contribution is 5.94. The molecule has 0 aromatic heterocycles. The molecular weight excluding hydrogens is 393 g/mol. The Morgan fingerprint density at radius 2 is 1.83 bits per heavy atom. The van der Waals surface area contributed by atoms with E-state index >= 15 is 0 Å². The van der Waals surface area contributed by atoms with Crippen LogP contribution < -0.4 is 16.0 Å². The number of guanidine groups is 1. The van der Waals surface area contributed by atoms with Gasteiger partial charge in [0.1, 0.15) is 0 Å². The highest BCUT2D eigenvalue weighted by Gasteiger charge is 2.30. The van der Waals surface area contributed by atoms with Gasteiger partial charge in [-0.2, -0.15) is 13.2 Å². The van der Waals surface area contributed by atoms with E-state index in [4.69, 9.17) is 0 Å². The molecule has 0 saturated carbocycles. The van der Waals surface area contributed by atoms with Crippen molar-refractivity contribution < 1.29 is 18.0 Å². The minimum atomic E-state index is -4.34. The van der Waals surface area contributed by atoms with Crippen LogP contribution in [0.25, 0.3) is 0 Å². The van der Waals surface area contributed by atoms with E-state index in [-0.39, 0.29) is 11.8 Å². The molecule has 0 aliphatic heterocycles. The third-order valence-corrected chi connectivity index (χ3v) is 4.75. The first-order chi connectivity index (χ1) is 14.2. The minimum Gasteiger partial charge on any atom is -0.356 e. The van der Waals surface area contributed by atoms with Gasteiger partial charge in [-0.05, 0) is 41.7 Å². The summed E-state index contributed by atoms with van der Waals surface area (Å²) in [6.07, 6.45) is -3.69. The van der Waals surface area contributed by atoms with Crippen LogP contribution in [0.1, 0.15) is 46.3 Å². The molecule has 0 aliphatic carbocycles. The van der Waals surface area contributed by atoms with E-state index in [1.165, 1.54) is 12.1 Å². The molecule has 3 N–H and O–H groups in total. The van der Waals surface area contributed by atoms with Crippen molar-refractivity contribution in [3.63, 3.8) is 0 Å². The summed E-state index contributed by atoms with van der Waals surface area (Å²) in [5.74, 6) is 0.390. The van der Waals surface area contributed by atoms with Crippen molar-refractivity contribution in [2.45, 2.75) is 32.0 Å². The lowest BCUT2D eigenvalue weighted by molar-refractivity contribution is -0.137. The van der Waals surface area contributed by atoms with E-state index in [0.717, 1.165) is 11.6 Å². The van der Waals surface area contributed by atoms with Gasteiger partial charge in [0.05, 0.1) is 5.56 Å². The molecule has 5 nitrogen and oxygen atoms in total. The molecule has 1 unspecified atom stereocenters. The fourth-order valence-electron chi connectivity index (χ4n) is 2.97. The largest absolute Gasteiger partial charge is 0.416 e. The summed E-state index contributed by atoms with van der Waals surface area (Å²) in [5, 5.41) is 8.93. The average Bonchev–Trinajstić information content (AvgIpc) is 2.75. The van der Waals surface area contributed by atoms with Crippen LogP contribution in [0, 0.1) is 0 Å². The zero-order valence-corrected chi connectivity index (χ0v) is 17.3. The van der Waals surface area contributed by atoms with Gasteiger partial charge in [-0.25, -0.2) is 0 Å². The molecule has 0 fully saturated rings. The molecule has 2 aromatic rings. The molecule has 8 heteroatoms. The number of nitrogens with zero attached hydrogens (tertiary/aromatic N) is 1. The Bertz CT molecular complexity index is 881. The number of hydrogen-bond acceptors (Lipinski definition) is 2. The second-order valence-electron chi connectivity index (χ2n) is 6.94. The van der Waals surface area contributed by atoms with Gasteiger partial charge in [0.2, 0.25) is 0 Å². The molecule has 0 heterocycles. The van der Waals surface area contributed by atoms with Crippen LogP contribution in [0.15, 0.2) is 53.5 Å². The van der Waals surface area contributed by atoms with Crippen LogP contribution in [0.5, 0.6) is 0 Å². The van der Waals surface area contributed by atoms with Gasteiger partial charge in [0.25, 0.3) is 5.91 Å². The number of carbonyl (C=O) groups is 1. The minimum absolute atomic E-state index is 0.0397. The number of alkyl halides is 3. The molecule has 0 aliphatic rings. The Kier molecular flexibility index (Phi) is 8.26. The molecule has 0 bridgehead atoms. The average molecular weight is 420 g/mol. The summed E-state index contributed by atoms with van der Waals surface area (Å²) in [5.41, 5.74) is 1.53. The van der Waals surface area contributed by atoms with Gasteiger partial charge in [-0.1, -0.05) is 37.3 Å². The number of rotatable bonds is 7. The summed E-state index contributed by atoms with van der Waals surface area (Å²) in [7, 11) is 3.23. The van der Waals surface area contributed by atoms with Crippen molar-refractivity contribution in [2.75, 3.05) is 20.6 Å². The van der Waals surface area contributed by atoms with Crippen molar-refractivity contribution in [2.24, 2.45) is 4.99 Å². The van der Waals surface area contributed by atoms with Crippen molar-refractivity contribution >= 4 is 11.9 Å². The topological polar surface area (TPSA) is 65.5 Å². The lowest BCUT2D eigenvalue weighted by Gasteiger charge is -2.16. The highest BCUT2D eigenvalue weighted by Crippen LogP contribution is 2.31. The van der Waals surface area contributed by atoms with Crippen molar-refractivity contribution in [3.05, 3.63) is 70.8 Å². The molecule has 2 rings (SSSR count). The van der Waals surface area contributed by atoms with Crippen molar-refractivity contribution in [3.8, 4) is 0 Å². The predicted molar refractivity (Wildman–Crippen MR) is 113 cm³/mol. The molecule has 1 atom stereocenters. The number of halogens is 3. The zero-order chi connectivity index (χ0) is 22.1. The maximum atomic E-state index is 12.9. The normalized spacial score (nSPS) is 12.9. The van der Waals surface area contributed by atoms with Crippen LogP contribution in [0.4, 0.5) is 13.2 Å². The molecule has 0 spiro atoms. The fraction of sp³-hybridized carbons (Fsp3) is 0.364. The van der Waals surface area contributed by atoms with E-state index in [1.807, 2.05) is 19.1 Å². The van der Waals surface area contributed by atoms with Gasteiger partial charge in [-0.3, -0.25) is 9.79 Å². The molecule has 0 radical (unpaired) electrons. The molecule has 162 valence electrons. The van der Waals surface area contributed by atoms with Crippen LogP contribution in [0.3, 0.4) is 0 Å². The van der Waals surface area contributed by atoms with Gasteiger partial charge < -0.3 is 16.0 Å². The van der Waals surface area contributed by atoms with E-state index in [2.05, 4.69) is 20.9 Å². The first kappa shape index (κ1) is 23.3. The van der Waals surface area contributed by atoms with E-state index in [9.17, 15) is 18.0 Å². The first-order valence-corrected chi connectivity index (χ1v) is 9.67. The Labute approximate surface area is 174 Å². The summed E-state index contributed by atoms with van der Waals surface area (Å²) in [6, 6.07) is 12.7. The summed E-state index contributed by atoms with van der Waals surface area (Å²) in [6.45, 7) is 2.93. The molecule has 0 saturated heterocycles. The lowest BCUT2D eigenvalue weighted by Crippen LogP contribution is -2.37. The second-order valence-corrected chi connectivity index (χ2v) is 6.94. The predicted octanol–water partition coefficient (Wildman–Crippen LogP) is 3.92. The van der Waals surface area contributed by atoms with E-state index in [0.29, 0.717) is 36.6 Å². The number of nitrogens with one attached hydrogen (secondary N) is 3. The number of hydrogen-bond donors (Lipinski definition) is 3. The van der Waals surface area contributed by atoms with Crippen LogP contribution >= 0.6 is 0 Å².